The fourth-order valence-electron chi connectivity index (χ4n) is 6.13. The molecule has 0 N–H and O–H groups in total. The van der Waals surface area contributed by atoms with Gasteiger partial charge in [0, 0.05) is 18.2 Å². The van der Waals surface area contributed by atoms with Crippen molar-refractivity contribution in [3.05, 3.63) is 34.4 Å². The summed E-state index contributed by atoms with van der Waals surface area (Å²) in [7, 11) is 0. The van der Waals surface area contributed by atoms with Crippen molar-refractivity contribution in [3.8, 4) is 11.8 Å². The zero-order chi connectivity index (χ0) is 19.7. The van der Waals surface area contributed by atoms with Gasteiger partial charge in [0.25, 0.3) is 5.91 Å². The molecule has 0 radical (unpaired) electrons. The molecule has 4 aliphatic rings. The van der Waals surface area contributed by atoms with E-state index in [1.165, 1.54) is 31.4 Å². The molecule has 7 heteroatoms. The number of nitro benzene ring substituents is 1. The molecule has 1 aromatic carbocycles. The second kappa shape index (κ2) is 7.42. The first-order valence-electron chi connectivity index (χ1n) is 10.0. The maximum absolute atomic E-state index is 13.1. The number of nitrogens with zero attached hydrogens (tertiary/aromatic N) is 3. The first-order valence-corrected chi connectivity index (χ1v) is 10.0. The van der Waals surface area contributed by atoms with Gasteiger partial charge in [-0.3, -0.25) is 14.9 Å². The molecule has 0 aromatic heterocycles. The van der Waals surface area contributed by atoms with Crippen LogP contribution >= 0.6 is 0 Å². The van der Waals surface area contributed by atoms with Gasteiger partial charge >= 0.3 is 5.69 Å². The zero-order valence-electron chi connectivity index (χ0n) is 15.9. The van der Waals surface area contributed by atoms with Crippen LogP contribution in [0.2, 0.25) is 0 Å². The molecule has 4 fully saturated rings. The number of hydrogen-bond acceptors (Lipinski definition) is 5. The van der Waals surface area contributed by atoms with Crippen LogP contribution in [0.15, 0.2) is 24.3 Å². The largest absolute Gasteiger partial charge is 0.477 e. The Morgan fingerprint density at radius 2 is 1.82 bits per heavy atom. The monoisotopic (exact) mass is 383 g/mol. The normalized spacial score (nSPS) is 29.9. The minimum absolute atomic E-state index is 0.103. The minimum Gasteiger partial charge on any atom is -0.477 e. The molecule has 0 unspecified atom stereocenters. The average Bonchev–Trinajstić information content (AvgIpc) is 2.65. The Morgan fingerprint density at radius 3 is 2.39 bits per heavy atom. The molecule has 1 aromatic rings. The highest BCUT2D eigenvalue weighted by Gasteiger charge is 2.54. The van der Waals surface area contributed by atoms with Crippen molar-refractivity contribution >= 4 is 11.6 Å². The topological polar surface area (TPSA) is 96.5 Å². The van der Waals surface area contributed by atoms with Crippen molar-refractivity contribution in [1.29, 1.82) is 5.26 Å². The summed E-state index contributed by atoms with van der Waals surface area (Å²) in [6.45, 7) is 0.166. The van der Waals surface area contributed by atoms with Crippen molar-refractivity contribution in [2.75, 3.05) is 13.2 Å². The van der Waals surface area contributed by atoms with E-state index in [4.69, 9.17) is 10.00 Å². The number of rotatable bonds is 7. The number of carbonyl (C=O) groups excluding carboxylic acids is 1. The fraction of sp³-hybridized carbons (Fsp3) is 0.619. The second-order valence-electron chi connectivity index (χ2n) is 8.61. The Labute approximate surface area is 164 Å². The van der Waals surface area contributed by atoms with E-state index in [9.17, 15) is 14.9 Å². The van der Waals surface area contributed by atoms with Crippen molar-refractivity contribution in [3.63, 3.8) is 0 Å². The fourth-order valence-corrected chi connectivity index (χ4v) is 6.13. The average molecular weight is 383 g/mol. The van der Waals surface area contributed by atoms with Gasteiger partial charge in [-0.15, -0.1) is 0 Å². The van der Waals surface area contributed by atoms with Gasteiger partial charge in [0.1, 0.15) is 0 Å². The summed E-state index contributed by atoms with van der Waals surface area (Å²) in [5.41, 5.74) is -0.303. The highest BCUT2D eigenvalue weighted by Crippen LogP contribution is 2.57. The highest BCUT2D eigenvalue weighted by atomic mass is 16.6. The number of amides is 1. The molecule has 148 valence electrons. The second-order valence-corrected chi connectivity index (χ2v) is 8.61. The number of nitro groups is 1. The minimum atomic E-state index is -0.508. The third-order valence-corrected chi connectivity index (χ3v) is 6.74. The molecule has 28 heavy (non-hydrogen) atoms. The molecule has 4 saturated carbocycles. The highest BCUT2D eigenvalue weighted by molar-refractivity contribution is 5.79. The van der Waals surface area contributed by atoms with Crippen LogP contribution < -0.4 is 4.74 Å². The standard InChI is InChI=1S/C21H25N3O4/c22-6-3-7-23(21-11-15-8-16(12-21)10-17(9-15)13-21)20(25)14-28-19-5-2-1-4-18(19)24(26)27/h1-2,4-5,15-17H,3,7-14H2. The lowest BCUT2D eigenvalue weighted by Gasteiger charge is -2.60. The van der Waals surface area contributed by atoms with Crippen molar-refractivity contribution in [2.24, 2.45) is 17.8 Å². The van der Waals surface area contributed by atoms with E-state index in [1.807, 2.05) is 4.90 Å². The first-order chi connectivity index (χ1) is 13.5. The maximum Gasteiger partial charge on any atom is 0.310 e. The number of ether oxygens (including phenoxy) is 1. The summed E-state index contributed by atoms with van der Waals surface area (Å²) in [6, 6.07) is 8.26. The Bertz CT molecular complexity index is 781. The van der Waals surface area contributed by atoms with Gasteiger partial charge in [0.05, 0.1) is 17.4 Å². The van der Waals surface area contributed by atoms with Crippen molar-refractivity contribution in [2.45, 2.75) is 50.5 Å². The zero-order valence-corrected chi connectivity index (χ0v) is 15.9. The first kappa shape index (κ1) is 18.7. The van der Waals surface area contributed by atoms with Crippen LogP contribution in [0.4, 0.5) is 5.69 Å². The van der Waals surface area contributed by atoms with Gasteiger partial charge in [0.2, 0.25) is 0 Å². The van der Waals surface area contributed by atoms with Crippen LogP contribution in [-0.4, -0.2) is 34.4 Å². The Balaban J connectivity index is 1.51. The number of carbonyl (C=O) groups is 1. The molecule has 0 atom stereocenters. The van der Waals surface area contributed by atoms with Crippen LogP contribution in [0.5, 0.6) is 5.75 Å². The lowest BCUT2D eigenvalue weighted by molar-refractivity contribution is -0.385. The molecule has 0 saturated heterocycles. The van der Waals surface area contributed by atoms with E-state index < -0.39 is 4.92 Å². The van der Waals surface area contributed by atoms with Gasteiger partial charge in [-0.2, -0.15) is 5.26 Å². The lowest BCUT2D eigenvalue weighted by atomic mass is 9.52. The molecule has 0 heterocycles. The maximum atomic E-state index is 13.1. The molecule has 0 aliphatic heterocycles. The van der Waals surface area contributed by atoms with Crippen LogP contribution in [0.25, 0.3) is 0 Å². The molecule has 1 amide bonds. The summed E-state index contributed by atoms with van der Waals surface area (Å²) in [5.74, 6) is 1.97. The Kier molecular flexibility index (Phi) is 4.96. The van der Waals surface area contributed by atoms with Crippen LogP contribution in [0.1, 0.15) is 44.9 Å². The third-order valence-electron chi connectivity index (χ3n) is 6.74. The van der Waals surface area contributed by atoms with E-state index in [1.54, 1.807) is 12.1 Å². The molecule has 4 aliphatic carbocycles. The number of benzene rings is 1. The third kappa shape index (κ3) is 3.44. The van der Waals surface area contributed by atoms with Crippen LogP contribution in [-0.2, 0) is 4.79 Å². The molecule has 7 nitrogen and oxygen atoms in total. The van der Waals surface area contributed by atoms with Crippen molar-refractivity contribution in [1.82, 2.24) is 4.90 Å². The lowest BCUT2D eigenvalue weighted by Crippen LogP contribution is -2.62. The predicted molar refractivity (Wildman–Crippen MR) is 101 cm³/mol. The van der Waals surface area contributed by atoms with Crippen molar-refractivity contribution < 1.29 is 14.5 Å². The summed E-state index contributed by atoms with van der Waals surface area (Å²) in [4.78, 5) is 25.7. The summed E-state index contributed by atoms with van der Waals surface area (Å²) < 4.78 is 5.57. The predicted octanol–water partition coefficient (Wildman–Crippen LogP) is 3.68. The smallest absolute Gasteiger partial charge is 0.310 e. The molecular weight excluding hydrogens is 358 g/mol. The van der Waals surface area contributed by atoms with E-state index >= 15 is 0 Å². The Morgan fingerprint density at radius 1 is 1.21 bits per heavy atom. The summed E-state index contributed by atoms with van der Waals surface area (Å²) in [6.07, 6.45) is 7.15. The SMILES string of the molecule is N#CCCN(C(=O)COc1ccccc1[N+](=O)[O-])C12CC3CC(CC(C3)C1)C2. The molecular formula is C21H25N3O4. The van der Waals surface area contributed by atoms with Crippen LogP contribution in [0, 0.1) is 39.2 Å². The van der Waals surface area contributed by atoms with E-state index in [0.29, 0.717) is 30.7 Å². The van der Waals surface area contributed by atoms with E-state index in [-0.39, 0.29) is 29.5 Å². The summed E-state index contributed by atoms with van der Waals surface area (Å²) >= 11 is 0. The van der Waals surface area contributed by atoms with Gasteiger partial charge in [0.15, 0.2) is 12.4 Å². The van der Waals surface area contributed by atoms with Gasteiger partial charge < -0.3 is 9.64 Å². The summed E-state index contributed by atoms with van der Waals surface area (Å²) in [5, 5.41) is 20.3. The number of hydrogen-bond donors (Lipinski definition) is 0. The Hall–Kier alpha value is -2.62. The van der Waals surface area contributed by atoms with E-state index in [0.717, 1.165) is 19.3 Å². The quantitative estimate of drug-likeness (QED) is 0.528. The number of nitriles is 1. The van der Waals surface area contributed by atoms with E-state index in [2.05, 4.69) is 6.07 Å². The molecule has 4 bridgehead atoms. The van der Waals surface area contributed by atoms with Gasteiger partial charge in [-0.1, -0.05) is 12.1 Å². The van der Waals surface area contributed by atoms with Gasteiger partial charge in [-0.25, -0.2) is 0 Å². The van der Waals surface area contributed by atoms with Crippen LogP contribution in [0.3, 0.4) is 0 Å². The molecule has 0 spiro atoms. The molecule has 5 rings (SSSR count). The van der Waals surface area contributed by atoms with Gasteiger partial charge in [-0.05, 0) is 62.3 Å². The number of para-hydroxylation sites is 2.